The average Bonchev–Trinajstić information content (AvgIpc) is 3.79. The summed E-state index contributed by atoms with van der Waals surface area (Å²) in [6.07, 6.45) is 14.8. The summed E-state index contributed by atoms with van der Waals surface area (Å²) >= 11 is -4.81. The van der Waals surface area contributed by atoms with E-state index >= 15 is 0 Å². The normalized spacial score (nSPS) is 21.0. The van der Waals surface area contributed by atoms with Crippen molar-refractivity contribution in [3.05, 3.63) is 118 Å². The Balaban J connectivity index is 1.20. The van der Waals surface area contributed by atoms with E-state index in [2.05, 4.69) is 134 Å². The van der Waals surface area contributed by atoms with E-state index in [4.69, 9.17) is 17.0 Å². The van der Waals surface area contributed by atoms with Gasteiger partial charge in [-0.15, -0.1) is 0 Å². The summed E-state index contributed by atoms with van der Waals surface area (Å²) < 4.78 is 0.227. The number of nitrogens with zero attached hydrogens (tertiary/aromatic N) is 2. The Labute approximate surface area is 321 Å². The first kappa shape index (κ1) is 36.6. The van der Waals surface area contributed by atoms with Gasteiger partial charge in [-0.2, -0.15) is 0 Å². The Morgan fingerprint density at radius 2 is 0.942 bits per heavy atom. The molecule has 0 N–H and O–H groups in total. The monoisotopic (exact) mass is 823 g/mol. The molecule has 6 heteroatoms. The maximum absolute atomic E-state index is 8.70. The summed E-state index contributed by atoms with van der Waals surface area (Å²) in [6, 6.07) is 32.6. The Hall–Kier alpha value is -2.36. The molecule has 0 aromatic heterocycles. The molecule has 2 nitrogen and oxygen atoms in total. The van der Waals surface area contributed by atoms with E-state index in [0.717, 1.165) is 39.0 Å². The minimum absolute atomic E-state index is 0.113. The minimum atomic E-state index is -4.81. The second-order valence-corrected chi connectivity index (χ2v) is 58.7. The number of halogens is 2. The number of piperidine rings is 2. The van der Waals surface area contributed by atoms with Crippen LogP contribution in [-0.4, -0.2) is 32.1 Å². The molecule has 2 aliphatic carbocycles. The van der Waals surface area contributed by atoms with E-state index < -0.39 is 21.5 Å². The predicted molar refractivity (Wildman–Crippen MR) is 228 cm³/mol. The number of anilines is 2. The third-order valence-corrected chi connectivity index (χ3v) is 65.0. The summed E-state index contributed by atoms with van der Waals surface area (Å²) in [6.45, 7) is 14.2. The molecule has 52 heavy (non-hydrogen) atoms. The van der Waals surface area contributed by atoms with Crippen molar-refractivity contribution < 1.29 is 15.6 Å². The van der Waals surface area contributed by atoms with Crippen molar-refractivity contribution in [3.8, 4) is 22.3 Å². The van der Waals surface area contributed by atoms with Gasteiger partial charge < -0.3 is 0 Å². The zero-order valence-corrected chi connectivity index (χ0v) is 36.7. The quantitative estimate of drug-likeness (QED) is 0.155. The van der Waals surface area contributed by atoms with Crippen LogP contribution in [0, 0.1) is 0 Å². The van der Waals surface area contributed by atoms with E-state index in [0.29, 0.717) is 0 Å². The van der Waals surface area contributed by atoms with Crippen LogP contribution >= 0.6 is 17.0 Å². The number of hydrogen-bond donors (Lipinski definition) is 0. The molecule has 2 unspecified atom stereocenters. The van der Waals surface area contributed by atoms with Gasteiger partial charge in [0.05, 0.1) is 0 Å². The molecule has 0 amide bonds. The van der Waals surface area contributed by atoms with Gasteiger partial charge in [0.2, 0.25) is 0 Å². The van der Waals surface area contributed by atoms with Crippen molar-refractivity contribution in [1.82, 2.24) is 0 Å². The van der Waals surface area contributed by atoms with E-state index in [1.54, 1.807) is 0 Å². The van der Waals surface area contributed by atoms with Crippen LogP contribution in [0.1, 0.15) is 94.7 Å². The van der Waals surface area contributed by atoms with Crippen LogP contribution in [0.5, 0.6) is 0 Å². The van der Waals surface area contributed by atoms with Crippen LogP contribution in [0.15, 0.2) is 96.1 Å². The molecule has 4 aromatic carbocycles. The average molecular weight is 826 g/mol. The molecule has 2 heterocycles. The predicted octanol–water partition coefficient (Wildman–Crippen LogP) is 13.4. The Kier molecular flexibility index (Phi) is 10.4. The van der Waals surface area contributed by atoms with Crippen LogP contribution in [0.4, 0.5) is 11.4 Å². The summed E-state index contributed by atoms with van der Waals surface area (Å²) in [5.41, 5.74) is 16.2. The van der Waals surface area contributed by atoms with Gasteiger partial charge in [0.15, 0.2) is 0 Å². The molecule has 271 valence electrons. The third-order valence-electron chi connectivity index (χ3n) is 13.1. The number of rotatable bonds is 9. The molecular formula is C46H55Cl2N2SiZr. The van der Waals surface area contributed by atoms with Crippen LogP contribution < -0.4 is 9.80 Å². The van der Waals surface area contributed by atoms with Gasteiger partial charge in [-0.25, -0.2) is 0 Å². The molecule has 2 atom stereocenters. The Morgan fingerprint density at radius 3 is 1.29 bits per heavy atom. The molecule has 2 saturated heterocycles. The fourth-order valence-corrected chi connectivity index (χ4v) is 42.0. The summed E-state index contributed by atoms with van der Waals surface area (Å²) in [5, 5.41) is 0. The topological polar surface area (TPSA) is 6.48 Å². The first-order chi connectivity index (χ1) is 25.2. The molecule has 4 aliphatic rings. The van der Waals surface area contributed by atoms with E-state index in [1.165, 1.54) is 106 Å². The SMILES string of the molecule is CCC1=Cc2c(-c3ccc(N4CCCCC4)cc3)cccc2[CH]1[Zr]([Cl])([Cl])([CH]1C(CC)=Cc2c(-c3ccc(N4CCCCC4)cc3)cccc21)[SiH](C)C. The Morgan fingerprint density at radius 1 is 0.558 bits per heavy atom. The standard InChI is InChI=1S/2C22H24N.C2H7Si.2ClH.Zr/c2*1-2-17-15-19-7-6-8-21(22(19)16-17)18-9-11-20(12-10-18)23-13-4-3-5-14-23;1-3-2;;;/h2*6-12,15-16H,2-5,13-14H2,1H3;3H,1-2H3;2*1H;/q;;;;;+2/p-2. The number of fused-ring (bicyclic) bond motifs is 2. The van der Waals surface area contributed by atoms with Gasteiger partial charge in [-0.05, 0) is 0 Å². The molecule has 0 bridgehead atoms. The summed E-state index contributed by atoms with van der Waals surface area (Å²) in [4.78, 5) is 5.09. The first-order valence-electron chi connectivity index (χ1n) is 20.2. The zero-order chi connectivity index (χ0) is 36.1. The van der Waals surface area contributed by atoms with Crippen molar-refractivity contribution in [2.24, 2.45) is 0 Å². The van der Waals surface area contributed by atoms with Crippen LogP contribution in [0.25, 0.3) is 34.4 Å². The molecular weight excluding hydrogens is 771 g/mol. The maximum atomic E-state index is 8.70. The van der Waals surface area contributed by atoms with Gasteiger partial charge in [-0.3, -0.25) is 0 Å². The second kappa shape index (κ2) is 14.7. The van der Waals surface area contributed by atoms with Crippen molar-refractivity contribution in [1.29, 1.82) is 0 Å². The van der Waals surface area contributed by atoms with Crippen LogP contribution in [0.2, 0.25) is 13.1 Å². The molecule has 2 fully saturated rings. The molecule has 0 spiro atoms. The fraction of sp³-hybridized carbons (Fsp3) is 0.391. The van der Waals surface area contributed by atoms with Crippen molar-refractivity contribution in [2.45, 2.75) is 85.6 Å². The molecule has 0 saturated carbocycles. The first-order valence-corrected chi connectivity index (χ1v) is 36.5. The van der Waals surface area contributed by atoms with Gasteiger partial charge in [0.1, 0.15) is 0 Å². The zero-order valence-electron chi connectivity index (χ0n) is 31.6. The van der Waals surface area contributed by atoms with E-state index in [1.807, 2.05) is 0 Å². The van der Waals surface area contributed by atoms with Crippen molar-refractivity contribution in [3.63, 3.8) is 0 Å². The van der Waals surface area contributed by atoms with Gasteiger partial charge in [0.25, 0.3) is 0 Å². The van der Waals surface area contributed by atoms with Gasteiger partial charge in [-0.1, -0.05) is 0 Å². The van der Waals surface area contributed by atoms with Crippen LogP contribution in [-0.2, 0) is 15.6 Å². The van der Waals surface area contributed by atoms with Crippen molar-refractivity contribution in [2.75, 3.05) is 36.0 Å². The van der Waals surface area contributed by atoms with Gasteiger partial charge in [0, 0.05) is 0 Å². The van der Waals surface area contributed by atoms with Gasteiger partial charge >= 0.3 is 324 Å². The fourth-order valence-electron chi connectivity index (χ4n) is 10.2. The van der Waals surface area contributed by atoms with E-state index in [-0.39, 0.29) is 7.25 Å². The summed E-state index contributed by atoms with van der Waals surface area (Å²) in [7, 11) is 17.4. The molecule has 2 aliphatic heterocycles. The van der Waals surface area contributed by atoms with E-state index in [9.17, 15) is 0 Å². The third kappa shape index (κ3) is 6.17. The number of hydrogen-bond acceptors (Lipinski definition) is 2. The number of allylic oxidation sites excluding steroid dienone is 2. The second-order valence-electron chi connectivity index (χ2n) is 16.2. The molecule has 8 rings (SSSR count). The molecule has 0 radical (unpaired) electrons. The van der Waals surface area contributed by atoms with Crippen molar-refractivity contribution >= 4 is 46.5 Å². The van der Waals surface area contributed by atoms with Crippen LogP contribution in [0.3, 0.4) is 0 Å². The number of benzene rings is 4. The molecule has 4 aromatic rings. The summed E-state index contributed by atoms with van der Waals surface area (Å²) in [5.74, 6) is -1.62. The Bertz CT molecular complexity index is 1860.